The minimum Gasteiger partial charge on any atom is -0.493 e. The van der Waals surface area contributed by atoms with Gasteiger partial charge in [0.05, 0.1) is 12.3 Å². The van der Waals surface area contributed by atoms with Gasteiger partial charge in [0.2, 0.25) is 0 Å². The van der Waals surface area contributed by atoms with E-state index in [0.717, 1.165) is 39.8 Å². The molecular weight excluding hydrogens is 274 g/mol. The molecule has 0 spiro atoms. The fourth-order valence-corrected chi connectivity index (χ4v) is 2.83. The largest absolute Gasteiger partial charge is 0.493 e. The molecule has 0 saturated heterocycles. The van der Waals surface area contributed by atoms with Gasteiger partial charge in [0.25, 0.3) is 0 Å². The first-order chi connectivity index (χ1) is 10.7. The molecule has 3 heteroatoms. The van der Waals surface area contributed by atoms with E-state index in [1.165, 1.54) is 0 Å². The van der Waals surface area contributed by atoms with Gasteiger partial charge in [-0.3, -0.25) is 4.79 Å². The number of hydrogen-bond acceptors (Lipinski definition) is 2. The standard InChI is InChI=1S/C19H19NO2/c1-4-22-19-8-7-13(2)10-16(19)15-11-17-14(3)6-5-9-20(17)18(15)12-21/h5-12H,4H2,1-3H3. The van der Waals surface area contributed by atoms with Crippen molar-refractivity contribution in [2.45, 2.75) is 20.8 Å². The normalized spacial score (nSPS) is 10.9. The lowest BCUT2D eigenvalue weighted by molar-refractivity contribution is 0.111. The highest BCUT2D eigenvalue weighted by molar-refractivity contribution is 5.92. The van der Waals surface area contributed by atoms with E-state index in [2.05, 4.69) is 12.1 Å². The third-order valence-electron chi connectivity index (χ3n) is 3.90. The number of aromatic nitrogens is 1. The van der Waals surface area contributed by atoms with Crippen LogP contribution in [0.25, 0.3) is 16.6 Å². The number of benzene rings is 1. The van der Waals surface area contributed by atoms with Gasteiger partial charge in [-0.1, -0.05) is 17.7 Å². The average molecular weight is 293 g/mol. The Kier molecular flexibility index (Phi) is 3.72. The molecule has 22 heavy (non-hydrogen) atoms. The van der Waals surface area contributed by atoms with E-state index in [4.69, 9.17) is 4.74 Å². The lowest BCUT2D eigenvalue weighted by Gasteiger charge is -2.10. The molecule has 0 radical (unpaired) electrons. The third-order valence-corrected chi connectivity index (χ3v) is 3.90. The van der Waals surface area contributed by atoms with Crippen LogP contribution in [0.4, 0.5) is 0 Å². The van der Waals surface area contributed by atoms with E-state index in [1.54, 1.807) is 0 Å². The molecule has 3 aromatic rings. The van der Waals surface area contributed by atoms with E-state index in [9.17, 15) is 4.79 Å². The van der Waals surface area contributed by atoms with Gasteiger partial charge >= 0.3 is 0 Å². The van der Waals surface area contributed by atoms with Crippen LogP contribution in [-0.4, -0.2) is 17.3 Å². The molecule has 112 valence electrons. The van der Waals surface area contributed by atoms with E-state index in [1.807, 2.05) is 55.6 Å². The summed E-state index contributed by atoms with van der Waals surface area (Å²) in [5.74, 6) is 0.810. The summed E-state index contributed by atoms with van der Waals surface area (Å²) in [6.07, 6.45) is 2.84. The number of nitrogens with zero attached hydrogens (tertiary/aromatic N) is 1. The van der Waals surface area contributed by atoms with Crippen molar-refractivity contribution in [2.75, 3.05) is 6.61 Å². The summed E-state index contributed by atoms with van der Waals surface area (Å²) in [5.41, 5.74) is 5.86. The van der Waals surface area contributed by atoms with Gasteiger partial charge in [-0.15, -0.1) is 0 Å². The maximum absolute atomic E-state index is 11.7. The highest BCUT2D eigenvalue weighted by atomic mass is 16.5. The second-order valence-corrected chi connectivity index (χ2v) is 5.44. The van der Waals surface area contributed by atoms with Gasteiger partial charge in [-0.2, -0.15) is 0 Å². The molecule has 2 heterocycles. The Bertz CT molecular complexity index is 846. The second-order valence-electron chi connectivity index (χ2n) is 5.44. The quantitative estimate of drug-likeness (QED) is 0.666. The fourth-order valence-electron chi connectivity index (χ4n) is 2.83. The average Bonchev–Trinajstić information content (AvgIpc) is 2.89. The Morgan fingerprint density at radius 3 is 2.68 bits per heavy atom. The number of carbonyl (C=O) groups excluding carboxylic acids is 1. The number of aryl methyl sites for hydroxylation is 2. The molecule has 0 N–H and O–H groups in total. The molecule has 0 atom stereocenters. The SMILES string of the molecule is CCOc1ccc(C)cc1-c1cc2c(C)cccn2c1C=O. The van der Waals surface area contributed by atoms with Crippen molar-refractivity contribution in [3.05, 3.63) is 59.4 Å². The van der Waals surface area contributed by atoms with Crippen molar-refractivity contribution >= 4 is 11.8 Å². The third kappa shape index (κ3) is 2.29. The Morgan fingerprint density at radius 1 is 1.14 bits per heavy atom. The molecule has 0 fully saturated rings. The number of aldehydes is 1. The zero-order valence-electron chi connectivity index (χ0n) is 13.1. The maximum Gasteiger partial charge on any atom is 0.167 e. The first kappa shape index (κ1) is 14.4. The van der Waals surface area contributed by atoms with Crippen molar-refractivity contribution in [3.8, 4) is 16.9 Å². The lowest BCUT2D eigenvalue weighted by Crippen LogP contribution is -1.97. The molecule has 3 rings (SSSR count). The van der Waals surface area contributed by atoms with E-state index >= 15 is 0 Å². The first-order valence-electron chi connectivity index (χ1n) is 7.45. The second kappa shape index (κ2) is 5.68. The molecular formula is C19H19NO2. The Labute approximate surface area is 130 Å². The Morgan fingerprint density at radius 2 is 1.95 bits per heavy atom. The van der Waals surface area contributed by atoms with Crippen LogP contribution in [0, 0.1) is 13.8 Å². The molecule has 0 bridgehead atoms. The Balaban J connectivity index is 2.33. The van der Waals surface area contributed by atoms with E-state index in [0.29, 0.717) is 12.3 Å². The van der Waals surface area contributed by atoms with Crippen LogP contribution >= 0.6 is 0 Å². The van der Waals surface area contributed by atoms with Crippen molar-refractivity contribution in [1.29, 1.82) is 0 Å². The fraction of sp³-hybridized carbons (Fsp3) is 0.211. The predicted molar refractivity (Wildman–Crippen MR) is 88.9 cm³/mol. The predicted octanol–water partition coefficient (Wildman–Crippen LogP) is 4.43. The molecule has 0 aliphatic heterocycles. The zero-order chi connectivity index (χ0) is 15.7. The maximum atomic E-state index is 11.7. The number of rotatable bonds is 4. The number of carbonyl (C=O) groups is 1. The minimum absolute atomic E-state index is 0.596. The van der Waals surface area contributed by atoms with Gasteiger partial charge in [-0.25, -0.2) is 0 Å². The van der Waals surface area contributed by atoms with Crippen LogP contribution in [0.5, 0.6) is 5.75 Å². The van der Waals surface area contributed by atoms with Crippen molar-refractivity contribution in [3.63, 3.8) is 0 Å². The number of fused-ring (bicyclic) bond motifs is 1. The van der Waals surface area contributed by atoms with Crippen molar-refractivity contribution in [1.82, 2.24) is 4.40 Å². The van der Waals surface area contributed by atoms with Crippen LogP contribution in [0.15, 0.2) is 42.6 Å². The summed E-state index contributed by atoms with van der Waals surface area (Å²) in [4.78, 5) is 11.7. The van der Waals surface area contributed by atoms with Crippen LogP contribution in [0.2, 0.25) is 0 Å². The molecule has 2 aromatic heterocycles. The number of pyridine rings is 1. The molecule has 3 nitrogen and oxygen atoms in total. The van der Waals surface area contributed by atoms with Crippen LogP contribution in [-0.2, 0) is 0 Å². The summed E-state index contributed by atoms with van der Waals surface area (Å²) >= 11 is 0. The molecule has 0 unspecified atom stereocenters. The smallest absolute Gasteiger partial charge is 0.167 e. The molecule has 0 aliphatic carbocycles. The molecule has 0 aliphatic rings. The molecule has 0 saturated carbocycles. The van der Waals surface area contributed by atoms with Crippen molar-refractivity contribution < 1.29 is 9.53 Å². The monoisotopic (exact) mass is 293 g/mol. The molecule has 1 aromatic carbocycles. The lowest BCUT2D eigenvalue weighted by atomic mass is 10.0. The zero-order valence-corrected chi connectivity index (χ0v) is 13.1. The summed E-state index contributed by atoms with van der Waals surface area (Å²) < 4.78 is 7.69. The summed E-state index contributed by atoms with van der Waals surface area (Å²) in [7, 11) is 0. The van der Waals surface area contributed by atoms with Gasteiger partial charge < -0.3 is 9.14 Å². The minimum atomic E-state index is 0.596. The van der Waals surface area contributed by atoms with Crippen LogP contribution < -0.4 is 4.74 Å². The topological polar surface area (TPSA) is 30.7 Å². The van der Waals surface area contributed by atoms with Crippen LogP contribution in [0.1, 0.15) is 28.5 Å². The summed E-state index contributed by atoms with van der Waals surface area (Å²) in [6, 6.07) is 12.1. The summed E-state index contributed by atoms with van der Waals surface area (Å²) in [6.45, 7) is 6.65. The van der Waals surface area contributed by atoms with Crippen molar-refractivity contribution in [2.24, 2.45) is 0 Å². The molecule has 0 amide bonds. The van der Waals surface area contributed by atoms with Crippen LogP contribution in [0.3, 0.4) is 0 Å². The van der Waals surface area contributed by atoms with Gasteiger partial charge in [0, 0.05) is 22.8 Å². The van der Waals surface area contributed by atoms with E-state index in [-0.39, 0.29) is 0 Å². The number of hydrogen-bond donors (Lipinski definition) is 0. The Hall–Kier alpha value is -2.55. The highest BCUT2D eigenvalue weighted by Crippen LogP contribution is 2.35. The van der Waals surface area contributed by atoms with E-state index < -0.39 is 0 Å². The highest BCUT2D eigenvalue weighted by Gasteiger charge is 2.16. The number of ether oxygens (including phenoxy) is 1. The van der Waals surface area contributed by atoms with Gasteiger partial charge in [0.1, 0.15) is 5.75 Å². The summed E-state index contributed by atoms with van der Waals surface area (Å²) in [5, 5.41) is 0. The van der Waals surface area contributed by atoms with Gasteiger partial charge in [-0.05, 0) is 50.6 Å². The first-order valence-corrected chi connectivity index (χ1v) is 7.45. The van der Waals surface area contributed by atoms with Gasteiger partial charge in [0.15, 0.2) is 6.29 Å².